The molecule has 2 unspecified atom stereocenters. The normalized spacial score (nSPS) is 40.0. The Kier molecular flexibility index (Phi) is 3.46. The second-order valence-electron chi connectivity index (χ2n) is 9.15. The molecule has 4 aliphatic rings. The zero-order valence-electron chi connectivity index (χ0n) is 15.3. The lowest BCUT2D eigenvalue weighted by Crippen LogP contribution is -2.53. The molecular formula is C20H28N4O. The average molecular weight is 340 g/mol. The van der Waals surface area contributed by atoms with Crippen molar-refractivity contribution in [2.75, 3.05) is 25.0 Å². The molecule has 3 heterocycles. The van der Waals surface area contributed by atoms with E-state index in [1.807, 2.05) is 0 Å². The van der Waals surface area contributed by atoms with E-state index >= 15 is 0 Å². The zero-order valence-corrected chi connectivity index (χ0v) is 15.3. The summed E-state index contributed by atoms with van der Waals surface area (Å²) in [5, 5.41) is 0. The fourth-order valence-electron chi connectivity index (χ4n) is 5.94. The van der Waals surface area contributed by atoms with Crippen LogP contribution >= 0.6 is 0 Å². The number of anilines is 1. The van der Waals surface area contributed by atoms with Crippen molar-refractivity contribution < 1.29 is 4.79 Å². The molecule has 0 radical (unpaired) electrons. The smallest absolute Gasteiger partial charge is 0.225 e. The SMILES string of the molecule is CC(=O)C1CC2(C1)CC(c1cnc(N3C4CCC3CN(C)C4)nc1)C2. The molecule has 5 heteroatoms. The molecule has 0 aromatic carbocycles. The van der Waals surface area contributed by atoms with Gasteiger partial charge in [-0.25, -0.2) is 9.97 Å². The van der Waals surface area contributed by atoms with Crippen molar-refractivity contribution >= 4 is 11.7 Å². The van der Waals surface area contributed by atoms with Gasteiger partial charge in [0, 0.05) is 43.5 Å². The van der Waals surface area contributed by atoms with Crippen LogP contribution in [0.15, 0.2) is 12.4 Å². The second-order valence-corrected chi connectivity index (χ2v) is 9.15. The maximum absolute atomic E-state index is 11.4. The van der Waals surface area contributed by atoms with Crippen molar-refractivity contribution in [1.29, 1.82) is 0 Å². The number of nitrogens with zero attached hydrogens (tertiary/aromatic N) is 4. The van der Waals surface area contributed by atoms with Crippen LogP contribution < -0.4 is 4.90 Å². The number of hydrogen-bond acceptors (Lipinski definition) is 5. The molecule has 134 valence electrons. The van der Waals surface area contributed by atoms with E-state index in [-0.39, 0.29) is 0 Å². The first kappa shape index (κ1) is 15.7. The predicted molar refractivity (Wildman–Crippen MR) is 96.6 cm³/mol. The highest BCUT2D eigenvalue weighted by Crippen LogP contribution is 2.64. The zero-order chi connectivity index (χ0) is 17.2. The Labute approximate surface area is 149 Å². The van der Waals surface area contributed by atoms with Crippen LogP contribution in [0, 0.1) is 11.3 Å². The van der Waals surface area contributed by atoms with Crippen LogP contribution in [0.3, 0.4) is 0 Å². The summed E-state index contributed by atoms with van der Waals surface area (Å²) >= 11 is 0. The fourth-order valence-corrected chi connectivity index (χ4v) is 5.94. The van der Waals surface area contributed by atoms with Crippen LogP contribution in [0.1, 0.15) is 56.9 Å². The molecule has 1 spiro atoms. The van der Waals surface area contributed by atoms with Crippen molar-refractivity contribution in [3.8, 4) is 0 Å². The van der Waals surface area contributed by atoms with E-state index < -0.39 is 0 Å². The van der Waals surface area contributed by atoms with Crippen LogP contribution in [0.4, 0.5) is 5.95 Å². The van der Waals surface area contributed by atoms with Gasteiger partial charge in [-0.05, 0) is 69.4 Å². The summed E-state index contributed by atoms with van der Waals surface area (Å²) in [5.41, 5.74) is 1.76. The Balaban J connectivity index is 1.23. The number of likely N-dealkylation sites (N-methyl/N-ethyl adjacent to an activating group) is 1. The maximum Gasteiger partial charge on any atom is 0.225 e. The lowest BCUT2D eigenvalue weighted by Gasteiger charge is -2.57. The Morgan fingerprint density at radius 1 is 1.08 bits per heavy atom. The van der Waals surface area contributed by atoms with Gasteiger partial charge in [0.25, 0.3) is 0 Å². The van der Waals surface area contributed by atoms with Crippen molar-refractivity contribution in [3.05, 3.63) is 18.0 Å². The standard InChI is InChI=1S/C20H28N4O/c1-13(25)14-5-20(6-14)7-15(8-20)16-9-21-19(22-10-16)24-17-3-4-18(24)12-23(2)11-17/h9-10,14-15,17-18H,3-8,11-12H2,1-2H3. The minimum absolute atomic E-state index is 0.340. The molecule has 0 amide bonds. The van der Waals surface area contributed by atoms with Gasteiger partial charge in [0.05, 0.1) is 0 Å². The van der Waals surface area contributed by atoms with Gasteiger partial charge in [-0.3, -0.25) is 4.79 Å². The van der Waals surface area contributed by atoms with E-state index in [0.29, 0.717) is 35.1 Å². The Morgan fingerprint density at radius 3 is 2.24 bits per heavy atom. The molecule has 25 heavy (non-hydrogen) atoms. The van der Waals surface area contributed by atoms with Gasteiger partial charge in [0.1, 0.15) is 5.78 Å². The lowest BCUT2D eigenvalue weighted by molar-refractivity contribution is -0.133. The van der Waals surface area contributed by atoms with Crippen LogP contribution in [-0.4, -0.2) is 52.9 Å². The van der Waals surface area contributed by atoms with E-state index in [0.717, 1.165) is 31.9 Å². The van der Waals surface area contributed by atoms with Crippen molar-refractivity contribution in [3.63, 3.8) is 0 Å². The largest absolute Gasteiger partial charge is 0.332 e. The van der Waals surface area contributed by atoms with E-state index in [9.17, 15) is 4.79 Å². The first-order chi connectivity index (χ1) is 12.0. The number of likely N-dealkylation sites (tertiary alicyclic amines) is 1. The third-order valence-corrected chi connectivity index (χ3v) is 7.32. The highest BCUT2D eigenvalue weighted by atomic mass is 16.1. The summed E-state index contributed by atoms with van der Waals surface area (Å²) in [5.74, 6) is 2.25. The Hall–Kier alpha value is -1.49. The summed E-state index contributed by atoms with van der Waals surface area (Å²) in [4.78, 5) is 25.8. The highest BCUT2D eigenvalue weighted by molar-refractivity contribution is 5.79. The fraction of sp³-hybridized carbons (Fsp3) is 0.750. The number of rotatable bonds is 3. The lowest BCUT2D eigenvalue weighted by atomic mass is 9.47. The predicted octanol–water partition coefficient (Wildman–Crippen LogP) is 2.62. The van der Waals surface area contributed by atoms with Gasteiger partial charge >= 0.3 is 0 Å². The third kappa shape index (κ3) is 2.50. The monoisotopic (exact) mass is 340 g/mol. The van der Waals surface area contributed by atoms with Crippen molar-refractivity contribution in [2.24, 2.45) is 11.3 Å². The third-order valence-electron chi connectivity index (χ3n) is 7.32. The molecule has 2 aliphatic heterocycles. The topological polar surface area (TPSA) is 49.3 Å². The quantitative estimate of drug-likeness (QED) is 0.846. The number of carbonyl (C=O) groups is 1. The Bertz CT molecular complexity index is 659. The number of piperazine rings is 1. The molecule has 2 aliphatic carbocycles. The molecule has 0 N–H and O–H groups in total. The van der Waals surface area contributed by atoms with Gasteiger partial charge in [-0.15, -0.1) is 0 Å². The average Bonchev–Trinajstić information content (AvgIpc) is 2.77. The van der Waals surface area contributed by atoms with Gasteiger partial charge < -0.3 is 9.80 Å². The molecule has 4 fully saturated rings. The molecular weight excluding hydrogens is 312 g/mol. The summed E-state index contributed by atoms with van der Waals surface area (Å²) in [7, 11) is 2.22. The summed E-state index contributed by atoms with van der Waals surface area (Å²) in [6.45, 7) is 4.00. The number of aromatic nitrogens is 2. The number of ketones is 1. The first-order valence-corrected chi connectivity index (χ1v) is 9.82. The summed E-state index contributed by atoms with van der Waals surface area (Å²) < 4.78 is 0. The number of fused-ring (bicyclic) bond motifs is 2. The van der Waals surface area contributed by atoms with Gasteiger partial charge in [-0.2, -0.15) is 0 Å². The number of hydrogen-bond donors (Lipinski definition) is 0. The Morgan fingerprint density at radius 2 is 1.68 bits per heavy atom. The molecule has 5 nitrogen and oxygen atoms in total. The van der Waals surface area contributed by atoms with Crippen LogP contribution in [0.5, 0.6) is 0 Å². The molecule has 2 saturated heterocycles. The van der Waals surface area contributed by atoms with E-state index in [4.69, 9.17) is 9.97 Å². The number of Topliss-reactive ketones (excluding diaryl/α,β-unsaturated/α-hetero) is 1. The molecule has 2 atom stereocenters. The van der Waals surface area contributed by atoms with E-state index in [2.05, 4.69) is 29.2 Å². The minimum Gasteiger partial charge on any atom is -0.332 e. The summed E-state index contributed by atoms with van der Waals surface area (Å²) in [6.07, 6.45) is 11.3. The first-order valence-electron chi connectivity index (χ1n) is 9.82. The summed E-state index contributed by atoms with van der Waals surface area (Å²) in [6, 6.07) is 1.17. The molecule has 2 saturated carbocycles. The van der Waals surface area contributed by atoms with Gasteiger partial charge in [-0.1, -0.05) is 0 Å². The number of carbonyl (C=O) groups excluding carboxylic acids is 1. The van der Waals surface area contributed by atoms with Gasteiger partial charge in [0.15, 0.2) is 0 Å². The minimum atomic E-state index is 0.340. The molecule has 1 aromatic rings. The van der Waals surface area contributed by atoms with Gasteiger partial charge in [0.2, 0.25) is 5.95 Å². The van der Waals surface area contributed by atoms with Crippen LogP contribution in [0.2, 0.25) is 0 Å². The molecule has 5 rings (SSSR count). The second kappa shape index (κ2) is 5.50. The van der Waals surface area contributed by atoms with Crippen LogP contribution in [0.25, 0.3) is 0 Å². The highest BCUT2D eigenvalue weighted by Gasteiger charge is 2.54. The van der Waals surface area contributed by atoms with Crippen molar-refractivity contribution in [2.45, 2.75) is 63.5 Å². The molecule has 2 bridgehead atoms. The molecule has 1 aromatic heterocycles. The van der Waals surface area contributed by atoms with Crippen LogP contribution in [-0.2, 0) is 4.79 Å². The van der Waals surface area contributed by atoms with E-state index in [1.54, 1.807) is 6.92 Å². The maximum atomic E-state index is 11.4. The van der Waals surface area contributed by atoms with Crippen molar-refractivity contribution in [1.82, 2.24) is 14.9 Å². The van der Waals surface area contributed by atoms with E-state index in [1.165, 1.54) is 31.2 Å².